The lowest BCUT2D eigenvalue weighted by Crippen LogP contribution is -2.58. The second-order valence-corrected chi connectivity index (χ2v) is 15.4. The highest BCUT2D eigenvalue weighted by Crippen LogP contribution is 2.31. The number of rotatable bonds is 8. The molecule has 3 aromatic rings. The van der Waals surface area contributed by atoms with Crippen molar-refractivity contribution in [3.05, 3.63) is 76.4 Å². The molecule has 1 saturated heterocycles. The fourth-order valence-corrected chi connectivity index (χ4v) is 6.89. The van der Waals surface area contributed by atoms with E-state index in [1.165, 1.54) is 16.2 Å². The molecular formula is C36H43N5O7S. The van der Waals surface area contributed by atoms with Gasteiger partial charge >= 0.3 is 6.09 Å². The van der Waals surface area contributed by atoms with E-state index in [2.05, 4.69) is 15.6 Å². The first-order valence-electron chi connectivity index (χ1n) is 16.2. The third-order valence-corrected chi connectivity index (χ3v) is 9.50. The maximum Gasteiger partial charge on any atom is 0.408 e. The molecule has 0 bridgehead atoms. The van der Waals surface area contributed by atoms with E-state index < -0.39 is 65.0 Å². The van der Waals surface area contributed by atoms with Crippen molar-refractivity contribution >= 4 is 41.1 Å². The molecule has 0 spiro atoms. The van der Waals surface area contributed by atoms with Gasteiger partial charge in [0.05, 0.1) is 45.9 Å². The first-order valence-corrected chi connectivity index (χ1v) is 17.1. The van der Waals surface area contributed by atoms with Gasteiger partial charge < -0.3 is 25.4 Å². The summed E-state index contributed by atoms with van der Waals surface area (Å²) < 4.78 is 5.40. The van der Waals surface area contributed by atoms with Gasteiger partial charge in [-0.05, 0) is 56.4 Å². The average molecular weight is 690 g/mol. The molecule has 5 amide bonds. The number of likely N-dealkylation sites (tertiary alicyclic amines) is 1. The predicted molar refractivity (Wildman–Crippen MR) is 184 cm³/mol. The fourth-order valence-electron chi connectivity index (χ4n) is 6.08. The van der Waals surface area contributed by atoms with Crippen LogP contribution in [0.1, 0.15) is 86.0 Å². The zero-order valence-electron chi connectivity index (χ0n) is 28.8. The Bertz CT molecular complexity index is 1720. The SMILES string of the molecule is Cc1ncsc1-c1ccc([C@@H](CN2C(=O)c3ccccc3C2=O)NC(=O)[C@@H]2C[C@@H](O)CN2C(=O)[C@@H](NC(=O)OC(C)(C)C)C(C)(C)C)cc1. The summed E-state index contributed by atoms with van der Waals surface area (Å²) in [6.07, 6.45) is -1.80. The molecule has 1 aromatic heterocycles. The molecule has 1 fully saturated rings. The number of hydrogen-bond donors (Lipinski definition) is 3. The predicted octanol–water partition coefficient (Wildman–Crippen LogP) is 4.47. The van der Waals surface area contributed by atoms with Gasteiger partial charge in [-0.2, -0.15) is 0 Å². The number of ether oxygens (including phenoxy) is 1. The smallest absolute Gasteiger partial charge is 0.408 e. The number of benzene rings is 2. The first kappa shape index (κ1) is 35.7. The number of thiazole rings is 1. The third-order valence-electron chi connectivity index (χ3n) is 8.52. The minimum absolute atomic E-state index is 0.0375. The number of carbonyl (C=O) groups is 5. The van der Waals surface area contributed by atoms with Crippen LogP contribution in [0.5, 0.6) is 0 Å². The van der Waals surface area contributed by atoms with E-state index >= 15 is 0 Å². The van der Waals surface area contributed by atoms with Crippen molar-refractivity contribution in [2.24, 2.45) is 5.41 Å². The lowest BCUT2D eigenvalue weighted by Gasteiger charge is -2.36. The van der Waals surface area contributed by atoms with Crippen molar-refractivity contribution in [3.8, 4) is 10.4 Å². The standard InChI is InChI=1S/C36H43N5O7S/c1-20-28(49-19-37-20)22-14-12-21(13-15-22)26(18-41-31(44)24-10-8-9-11-25(24)32(41)45)38-30(43)27-16-23(42)17-40(27)33(46)29(35(2,3)4)39-34(47)48-36(5,6)7/h8-15,19,23,26-27,29,42H,16-18H2,1-7H3,(H,38,43)(H,39,47)/t23-,26-,27+,29-/m1/s1. The van der Waals surface area contributed by atoms with E-state index in [1.807, 2.05) is 31.2 Å². The molecule has 5 rings (SSSR count). The minimum atomic E-state index is -1.09. The van der Waals surface area contributed by atoms with Crippen molar-refractivity contribution in [2.75, 3.05) is 13.1 Å². The van der Waals surface area contributed by atoms with Crippen molar-refractivity contribution in [3.63, 3.8) is 0 Å². The number of fused-ring (bicyclic) bond motifs is 1. The Labute approximate surface area is 289 Å². The van der Waals surface area contributed by atoms with Crippen LogP contribution >= 0.6 is 11.3 Å². The van der Waals surface area contributed by atoms with E-state index in [0.717, 1.165) is 21.0 Å². The Kier molecular flexibility index (Phi) is 9.98. The van der Waals surface area contributed by atoms with Crippen LogP contribution in [0.3, 0.4) is 0 Å². The second-order valence-electron chi connectivity index (χ2n) is 14.6. The largest absolute Gasteiger partial charge is 0.444 e. The maximum absolute atomic E-state index is 14.1. The van der Waals surface area contributed by atoms with Crippen LogP contribution in [0.25, 0.3) is 10.4 Å². The van der Waals surface area contributed by atoms with Crippen LogP contribution in [0.4, 0.5) is 4.79 Å². The van der Waals surface area contributed by atoms with Crippen molar-refractivity contribution in [1.82, 2.24) is 25.4 Å². The molecule has 0 unspecified atom stereocenters. The van der Waals surface area contributed by atoms with Crippen molar-refractivity contribution in [1.29, 1.82) is 0 Å². The van der Waals surface area contributed by atoms with Gasteiger partial charge in [0.25, 0.3) is 11.8 Å². The van der Waals surface area contributed by atoms with E-state index in [-0.39, 0.29) is 30.6 Å². The van der Waals surface area contributed by atoms with Crippen LogP contribution < -0.4 is 10.6 Å². The molecule has 3 heterocycles. The van der Waals surface area contributed by atoms with Gasteiger partial charge in [-0.15, -0.1) is 11.3 Å². The highest BCUT2D eigenvalue weighted by atomic mass is 32.1. The Hall–Kier alpha value is -4.62. The fraction of sp³-hybridized carbons (Fsp3) is 0.444. The summed E-state index contributed by atoms with van der Waals surface area (Å²) in [5, 5.41) is 16.3. The summed E-state index contributed by atoms with van der Waals surface area (Å²) in [4.78, 5) is 75.3. The highest BCUT2D eigenvalue weighted by molar-refractivity contribution is 7.13. The summed E-state index contributed by atoms with van der Waals surface area (Å²) in [5.74, 6) is -2.05. The molecule has 260 valence electrons. The van der Waals surface area contributed by atoms with Gasteiger partial charge in [0, 0.05) is 13.0 Å². The zero-order chi connectivity index (χ0) is 35.8. The summed E-state index contributed by atoms with van der Waals surface area (Å²) in [6, 6.07) is 11.0. The number of hydrogen-bond acceptors (Lipinski definition) is 9. The maximum atomic E-state index is 14.1. The highest BCUT2D eigenvalue weighted by Gasteiger charge is 2.46. The van der Waals surface area contributed by atoms with Gasteiger partial charge in [-0.3, -0.25) is 24.1 Å². The van der Waals surface area contributed by atoms with Crippen molar-refractivity contribution in [2.45, 2.75) is 84.7 Å². The molecule has 2 aliphatic heterocycles. The first-order chi connectivity index (χ1) is 22.9. The van der Waals surface area contributed by atoms with Gasteiger partial charge in [-0.25, -0.2) is 9.78 Å². The lowest BCUT2D eigenvalue weighted by molar-refractivity contribution is -0.142. The quantitative estimate of drug-likeness (QED) is 0.293. The number of carbonyl (C=O) groups excluding carboxylic acids is 5. The van der Waals surface area contributed by atoms with E-state index in [1.54, 1.807) is 71.3 Å². The lowest BCUT2D eigenvalue weighted by atomic mass is 9.85. The Morgan fingerprint density at radius 2 is 1.59 bits per heavy atom. The number of nitrogens with one attached hydrogen (secondary N) is 2. The molecule has 2 aromatic carbocycles. The normalized spacial score (nSPS) is 19.0. The third kappa shape index (κ3) is 7.83. The van der Waals surface area contributed by atoms with Crippen LogP contribution in [0.15, 0.2) is 54.0 Å². The van der Waals surface area contributed by atoms with Gasteiger partial charge in [0.2, 0.25) is 11.8 Å². The Balaban J connectivity index is 1.42. The molecule has 13 heteroatoms. The number of alkyl carbamates (subject to hydrolysis) is 1. The van der Waals surface area contributed by atoms with Crippen molar-refractivity contribution < 1.29 is 33.8 Å². The molecule has 0 aliphatic carbocycles. The Morgan fingerprint density at radius 3 is 2.12 bits per heavy atom. The van der Waals surface area contributed by atoms with Crippen LogP contribution in [0.2, 0.25) is 0 Å². The molecule has 3 N–H and O–H groups in total. The van der Waals surface area contributed by atoms with E-state index in [4.69, 9.17) is 4.74 Å². The number of nitrogens with zero attached hydrogens (tertiary/aromatic N) is 3. The molecule has 0 radical (unpaired) electrons. The number of amides is 5. The number of aliphatic hydroxyl groups excluding tert-OH is 1. The number of β-amino-alcohol motifs (C(OH)–C–C–N with tert-alkyl or cyclic N) is 1. The summed E-state index contributed by atoms with van der Waals surface area (Å²) >= 11 is 1.50. The topological polar surface area (TPSA) is 158 Å². The summed E-state index contributed by atoms with van der Waals surface area (Å²) in [5.41, 5.74) is 3.21. The number of imide groups is 1. The van der Waals surface area contributed by atoms with Crippen LogP contribution in [-0.2, 0) is 14.3 Å². The molecule has 12 nitrogen and oxygen atoms in total. The molecule has 49 heavy (non-hydrogen) atoms. The summed E-state index contributed by atoms with van der Waals surface area (Å²) in [6.45, 7) is 12.1. The molecule has 2 aliphatic rings. The van der Waals surface area contributed by atoms with Gasteiger partial charge in [0.15, 0.2) is 0 Å². The minimum Gasteiger partial charge on any atom is -0.444 e. The van der Waals surface area contributed by atoms with Gasteiger partial charge in [0.1, 0.15) is 17.7 Å². The molecule has 0 saturated carbocycles. The van der Waals surface area contributed by atoms with E-state index in [9.17, 15) is 29.1 Å². The number of aromatic nitrogens is 1. The zero-order valence-corrected chi connectivity index (χ0v) is 29.6. The number of aliphatic hydroxyl groups is 1. The average Bonchev–Trinajstić information content (AvgIpc) is 3.70. The van der Waals surface area contributed by atoms with Crippen LogP contribution in [-0.4, -0.2) is 86.5 Å². The second kappa shape index (κ2) is 13.7. The Morgan fingerprint density at radius 1 is 0.980 bits per heavy atom. The number of aryl methyl sites for hydroxylation is 1. The van der Waals surface area contributed by atoms with Crippen LogP contribution in [0, 0.1) is 12.3 Å². The molecular weight excluding hydrogens is 646 g/mol. The molecule has 4 atom stereocenters. The summed E-state index contributed by atoms with van der Waals surface area (Å²) in [7, 11) is 0. The van der Waals surface area contributed by atoms with Gasteiger partial charge in [-0.1, -0.05) is 57.2 Å². The van der Waals surface area contributed by atoms with E-state index in [0.29, 0.717) is 5.56 Å². The monoisotopic (exact) mass is 689 g/mol.